The van der Waals surface area contributed by atoms with Crippen LogP contribution in [0.5, 0.6) is 5.75 Å². The van der Waals surface area contributed by atoms with Gasteiger partial charge in [0.05, 0.1) is 16.1 Å². The Morgan fingerprint density at radius 2 is 1.53 bits per heavy atom. The highest BCUT2D eigenvalue weighted by atomic mass is 35.5. The van der Waals surface area contributed by atoms with Gasteiger partial charge in [0.2, 0.25) is 5.91 Å². The van der Waals surface area contributed by atoms with Gasteiger partial charge < -0.3 is 15.4 Å². The molecule has 0 saturated heterocycles. The van der Waals surface area contributed by atoms with Crippen molar-refractivity contribution in [3.05, 3.63) is 69.8 Å². The lowest BCUT2D eigenvalue weighted by molar-refractivity contribution is -0.274. The van der Waals surface area contributed by atoms with Crippen LogP contribution in [0.25, 0.3) is 5.83 Å². The van der Waals surface area contributed by atoms with Gasteiger partial charge in [0.1, 0.15) is 30.1 Å². The maximum atomic E-state index is 14.9. The van der Waals surface area contributed by atoms with Crippen molar-refractivity contribution in [3.63, 3.8) is 0 Å². The minimum Gasteiger partial charge on any atom is -0.404 e. The van der Waals surface area contributed by atoms with E-state index in [1.54, 1.807) is 5.32 Å². The average molecular weight is 663 g/mol. The number of alkyl halides is 12. The summed E-state index contributed by atoms with van der Waals surface area (Å²) >= 11 is 5.55. The Bertz CT molecular complexity index is 1370. The molecule has 238 valence electrons. The number of nitrogens with one attached hydrogen (secondary N) is 2. The summed E-state index contributed by atoms with van der Waals surface area (Å²) in [4.78, 5) is 24.1. The third kappa shape index (κ3) is 10.5. The number of hydrogen-bond acceptors (Lipinski definition) is 3. The van der Waals surface area contributed by atoms with Gasteiger partial charge in [0.15, 0.2) is 0 Å². The lowest BCUT2D eigenvalue weighted by Crippen LogP contribution is -2.47. The molecule has 0 heterocycles. The van der Waals surface area contributed by atoms with Gasteiger partial charge in [-0.15, -0.1) is 13.2 Å². The molecule has 0 radical (unpaired) electrons. The summed E-state index contributed by atoms with van der Waals surface area (Å²) in [5.41, 5.74) is -5.16. The van der Waals surface area contributed by atoms with E-state index in [1.165, 1.54) is 5.32 Å². The zero-order chi connectivity index (χ0) is 33.1. The van der Waals surface area contributed by atoms with Gasteiger partial charge in [-0.05, 0) is 42.8 Å². The van der Waals surface area contributed by atoms with Crippen molar-refractivity contribution in [2.45, 2.75) is 43.8 Å². The lowest BCUT2D eigenvalue weighted by Gasteiger charge is -2.20. The van der Waals surface area contributed by atoms with Crippen LogP contribution in [0, 0.1) is 0 Å². The normalized spacial score (nSPS) is 14.6. The van der Waals surface area contributed by atoms with Crippen molar-refractivity contribution >= 4 is 29.2 Å². The van der Waals surface area contributed by atoms with Crippen LogP contribution in [0.2, 0.25) is 5.02 Å². The van der Waals surface area contributed by atoms with Crippen molar-refractivity contribution in [3.8, 4) is 5.75 Å². The van der Waals surface area contributed by atoms with Gasteiger partial charge in [-0.1, -0.05) is 23.7 Å². The maximum Gasteiger partial charge on any atom is 0.573 e. The van der Waals surface area contributed by atoms with Crippen LogP contribution in [-0.2, 0) is 11.0 Å². The van der Waals surface area contributed by atoms with Gasteiger partial charge in [-0.25, -0.2) is 4.39 Å². The van der Waals surface area contributed by atoms with Crippen molar-refractivity contribution < 1.29 is 71.4 Å². The van der Waals surface area contributed by atoms with Crippen LogP contribution in [0.15, 0.2) is 42.5 Å². The number of rotatable bonds is 8. The van der Waals surface area contributed by atoms with Crippen molar-refractivity contribution in [2.24, 2.45) is 0 Å². The second kappa shape index (κ2) is 12.9. The summed E-state index contributed by atoms with van der Waals surface area (Å²) in [5.74, 6) is -8.97. The Morgan fingerprint density at radius 1 is 0.930 bits per heavy atom. The summed E-state index contributed by atoms with van der Waals surface area (Å²) < 4.78 is 175. The average Bonchev–Trinajstić information content (AvgIpc) is 2.84. The largest absolute Gasteiger partial charge is 0.573 e. The number of carbonyl (C=O) groups is 2. The molecule has 0 bridgehead atoms. The molecule has 19 heteroatoms. The molecule has 5 nitrogen and oxygen atoms in total. The Hall–Kier alpha value is -3.70. The van der Waals surface area contributed by atoms with E-state index in [1.807, 2.05) is 0 Å². The molecule has 2 atom stereocenters. The molecule has 0 aliphatic heterocycles. The van der Waals surface area contributed by atoms with E-state index >= 15 is 0 Å². The zero-order valence-corrected chi connectivity index (χ0v) is 21.7. The zero-order valence-electron chi connectivity index (χ0n) is 20.9. The highest BCUT2D eigenvalue weighted by Crippen LogP contribution is 2.42. The molecular weight excluding hydrogens is 647 g/mol. The molecule has 0 aromatic heterocycles. The third-order valence-electron chi connectivity index (χ3n) is 5.26. The quantitative estimate of drug-likeness (QED) is 0.285. The van der Waals surface area contributed by atoms with E-state index in [0.29, 0.717) is 30.3 Å². The van der Waals surface area contributed by atoms with E-state index in [-0.39, 0.29) is 12.1 Å². The fourth-order valence-corrected chi connectivity index (χ4v) is 3.57. The van der Waals surface area contributed by atoms with Gasteiger partial charge in [-0.2, -0.15) is 39.5 Å². The number of amides is 2. The number of halogens is 14. The predicted octanol–water partition coefficient (Wildman–Crippen LogP) is 7.71. The van der Waals surface area contributed by atoms with Gasteiger partial charge in [0.25, 0.3) is 5.91 Å². The van der Waals surface area contributed by atoms with Crippen LogP contribution in [-0.4, -0.2) is 43.1 Å². The van der Waals surface area contributed by atoms with Crippen molar-refractivity contribution in [2.75, 3.05) is 6.54 Å². The van der Waals surface area contributed by atoms with Gasteiger partial charge in [0, 0.05) is 5.56 Å². The van der Waals surface area contributed by atoms with E-state index in [2.05, 4.69) is 4.74 Å². The molecule has 2 N–H and O–H groups in total. The highest BCUT2D eigenvalue weighted by Gasteiger charge is 2.41. The van der Waals surface area contributed by atoms with Crippen LogP contribution < -0.4 is 15.4 Å². The van der Waals surface area contributed by atoms with Gasteiger partial charge in [-0.3, -0.25) is 9.59 Å². The Morgan fingerprint density at radius 3 is 2.02 bits per heavy atom. The summed E-state index contributed by atoms with van der Waals surface area (Å²) in [6, 6.07) is 0.278. The summed E-state index contributed by atoms with van der Waals surface area (Å²) in [5, 5.41) is 2.17. The third-order valence-corrected chi connectivity index (χ3v) is 5.55. The topological polar surface area (TPSA) is 67.4 Å². The molecular formula is C24H16ClF13N2O3. The molecule has 0 saturated carbocycles. The first-order valence-electron chi connectivity index (χ1n) is 11.2. The molecule has 0 aliphatic carbocycles. The van der Waals surface area contributed by atoms with Crippen molar-refractivity contribution in [1.29, 1.82) is 0 Å². The van der Waals surface area contributed by atoms with Crippen LogP contribution in [0.4, 0.5) is 57.1 Å². The monoisotopic (exact) mass is 662 g/mol. The van der Waals surface area contributed by atoms with E-state index in [9.17, 15) is 66.7 Å². The van der Waals surface area contributed by atoms with Crippen LogP contribution >= 0.6 is 11.6 Å². The Labute approximate surface area is 237 Å². The summed E-state index contributed by atoms with van der Waals surface area (Å²) in [6.45, 7) is -0.963. The maximum absolute atomic E-state index is 14.9. The van der Waals surface area contributed by atoms with Crippen molar-refractivity contribution in [1.82, 2.24) is 10.6 Å². The van der Waals surface area contributed by atoms with Crippen LogP contribution in [0.3, 0.4) is 0 Å². The fraction of sp³-hybridized carbons (Fsp3) is 0.333. The molecule has 43 heavy (non-hydrogen) atoms. The molecule has 0 fully saturated rings. The molecule has 2 aromatic carbocycles. The number of benzene rings is 2. The molecule has 2 amide bonds. The second-order valence-corrected chi connectivity index (χ2v) is 8.97. The second-order valence-electron chi connectivity index (χ2n) is 8.56. The van der Waals surface area contributed by atoms with E-state index in [0.717, 1.165) is 6.92 Å². The summed E-state index contributed by atoms with van der Waals surface area (Å²) in [7, 11) is 0. The van der Waals surface area contributed by atoms with Crippen LogP contribution in [0.1, 0.15) is 39.9 Å². The van der Waals surface area contributed by atoms with E-state index in [4.69, 9.17) is 11.6 Å². The molecule has 0 spiro atoms. The first-order valence-corrected chi connectivity index (χ1v) is 11.6. The standard InChI is InChI=1S/C24H16ClF13N2O3/c1-10(19(41)39-9-21(27,28)29)40-20(42)13-4-2-12(6-15(13)23(33,34)35)17(26)8-14(22(30,31)32)11-3-5-18(16(25)7-11)43-24(36,37)38/h2-8,10,14H,9H2,1H3,(H,39,41)(H,40,42)/b17-8-/t10-,14?/m1/s1. The minimum atomic E-state index is -5.42. The molecule has 0 aliphatic rings. The van der Waals surface area contributed by atoms with E-state index < -0.39 is 94.1 Å². The number of hydrogen-bond donors (Lipinski definition) is 2. The molecule has 2 aromatic rings. The minimum absolute atomic E-state index is 0.0319. The number of allylic oxidation sites excluding steroid dienone is 1. The fourth-order valence-electron chi connectivity index (χ4n) is 3.35. The Kier molecular flexibility index (Phi) is 10.6. The smallest absolute Gasteiger partial charge is 0.404 e. The highest BCUT2D eigenvalue weighted by molar-refractivity contribution is 6.32. The summed E-state index contributed by atoms with van der Waals surface area (Å²) in [6.07, 6.45) is -21.0. The lowest BCUT2D eigenvalue weighted by atomic mass is 9.95. The Balaban J connectivity index is 2.44. The molecule has 1 unspecified atom stereocenters. The van der Waals surface area contributed by atoms with Gasteiger partial charge >= 0.3 is 24.9 Å². The first-order chi connectivity index (χ1) is 19.4. The number of carbonyl (C=O) groups excluding carboxylic acids is 2. The predicted molar refractivity (Wildman–Crippen MR) is 123 cm³/mol. The number of ether oxygens (including phenoxy) is 1. The SMILES string of the molecule is C[C@@H](NC(=O)c1ccc(/C(F)=C/C(c2ccc(OC(F)(F)F)c(Cl)c2)C(F)(F)F)cc1C(F)(F)F)C(=O)NCC(F)(F)F. The first kappa shape index (κ1) is 35.5. The molecule has 2 rings (SSSR count).